The van der Waals surface area contributed by atoms with Crippen molar-refractivity contribution in [2.75, 3.05) is 18.2 Å². The average Bonchev–Trinajstić information content (AvgIpc) is 3.43. The van der Waals surface area contributed by atoms with E-state index < -0.39 is 12.0 Å². The number of ketones is 1. The SMILES string of the molecule is O=C(CCc1cc2ccccc2o1)C1C(=S)CN[C@@H]1C(=O)N1CSC[C@H]1C=NO. The highest BCUT2D eigenvalue weighted by Crippen LogP contribution is 2.26. The van der Waals surface area contributed by atoms with E-state index in [1.54, 1.807) is 16.7 Å². The summed E-state index contributed by atoms with van der Waals surface area (Å²) in [6.45, 7) is 0.368. The number of amides is 1. The zero-order valence-electron chi connectivity index (χ0n) is 15.6. The Bertz CT molecular complexity index is 941. The number of thiocarbonyl (C=S) groups is 1. The van der Waals surface area contributed by atoms with E-state index in [1.807, 2.05) is 30.3 Å². The first kappa shape index (κ1) is 20.1. The molecule has 2 aliphatic rings. The fourth-order valence-corrected chi connectivity index (χ4v) is 5.32. The van der Waals surface area contributed by atoms with Crippen molar-refractivity contribution < 1.29 is 19.2 Å². The predicted octanol–water partition coefficient (Wildman–Crippen LogP) is 2.25. The number of rotatable bonds is 6. The molecule has 9 heteroatoms. The van der Waals surface area contributed by atoms with Gasteiger partial charge in [0.15, 0.2) is 0 Å². The molecule has 29 heavy (non-hydrogen) atoms. The van der Waals surface area contributed by atoms with Gasteiger partial charge in [0, 0.05) is 35.4 Å². The molecule has 0 saturated carbocycles. The molecule has 3 heterocycles. The lowest BCUT2D eigenvalue weighted by Crippen LogP contribution is -2.50. The number of furan rings is 1. The summed E-state index contributed by atoms with van der Waals surface area (Å²) in [6.07, 6.45) is 2.07. The summed E-state index contributed by atoms with van der Waals surface area (Å²) in [6, 6.07) is 8.71. The van der Waals surface area contributed by atoms with Gasteiger partial charge in [0.1, 0.15) is 23.2 Å². The largest absolute Gasteiger partial charge is 0.461 e. The molecule has 2 saturated heterocycles. The Balaban J connectivity index is 1.44. The number of Topliss-reactive ketones (excluding diaryl/α,β-unsaturated/α-hetero) is 1. The second-order valence-electron chi connectivity index (χ2n) is 7.16. The monoisotopic (exact) mass is 431 g/mol. The molecule has 0 radical (unpaired) electrons. The van der Waals surface area contributed by atoms with Gasteiger partial charge in [-0.15, -0.1) is 11.8 Å². The van der Waals surface area contributed by atoms with Crippen LogP contribution in [0, 0.1) is 5.92 Å². The number of oxime groups is 1. The second kappa shape index (κ2) is 8.64. The minimum atomic E-state index is -0.668. The number of benzene rings is 1. The Morgan fingerprint density at radius 3 is 3.03 bits per heavy atom. The Morgan fingerprint density at radius 2 is 2.24 bits per heavy atom. The molecular weight excluding hydrogens is 410 g/mol. The maximum absolute atomic E-state index is 13.1. The summed E-state index contributed by atoms with van der Waals surface area (Å²) in [5.74, 6) is 1.05. The van der Waals surface area contributed by atoms with Gasteiger partial charge in [-0.2, -0.15) is 0 Å². The van der Waals surface area contributed by atoms with Crippen LogP contribution in [0.3, 0.4) is 0 Å². The Labute approximate surface area is 177 Å². The molecular formula is C20H21N3O4S2. The van der Waals surface area contributed by atoms with Crippen LogP contribution in [-0.2, 0) is 16.0 Å². The van der Waals surface area contributed by atoms with Crippen LogP contribution in [-0.4, -0.2) is 63.1 Å². The van der Waals surface area contributed by atoms with Crippen LogP contribution in [0.1, 0.15) is 12.2 Å². The first-order valence-corrected chi connectivity index (χ1v) is 11.0. The van der Waals surface area contributed by atoms with E-state index in [9.17, 15) is 9.59 Å². The van der Waals surface area contributed by atoms with Gasteiger partial charge in [-0.05, 0) is 12.1 Å². The van der Waals surface area contributed by atoms with Crippen LogP contribution in [0.5, 0.6) is 0 Å². The average molecular weight is 432 g/mol. The summed E-state index contributed by atoms with van der Waals surface area (Å²) in [7, 11) is 0. The maximum atomic E-state index is 13.1. The number of fused-ring (bicyclic) bond motifs is 1. The maximum Gasteiger partial charge on any atom is 0.242 e. The number of thioether (sulfide) groups is 1. The minimum absolute atomic E-state index is 0.0574. The minimum Gasteiger partial charge on any atom is -0.461 e. The third kappa shape index (κ3) is 4.08. The zero-order valence-corrected chi connectivity index (χ0v) is 17.2. The van der Waals surface area contributed by atoms with Crippen molar-refractivity contribution in [3.8, 4) is 0 Å². The molecule has 2 N–H and O–H groups in total. The van der Waals surface area contributed by atoms with E-state index >= 15 is 0 Å². The Kier molecular flexibility index (Phi) is 5.98. The third-order valence-electron chi connectivity index (χ3n) is 5.32. The van der Waals surface area contributed by atoms with Crippen molar-refractivity contribution in [2.45, 2.75) is 24.9 Å². The second-order valence-corrected chi connectivity index (χ2v) is 8.68. The van der Waals surface area contributed by atoms with E-state index in [0.29, 0.717) is 29.5 Å². The van der Waals surface area contributed by atoms with Crippen LogP contribution in [0.25, 0.3) is 11.0 Å². The van der Waals surface area contributed by atoms with Crippen molar-refractivity contribution in [3.05, 3.63) is 36.1 Å². The molecule has 1 unspecified atom stereocenters. The van der Waals surface area contributed by atoms with Gasteiger partial charge in [0.2, 0.25) is 5.91 Å². The number of hydrogen-bond acceptors (Lipinski definition) is 8. The lowest BCUT2D eigenvalue weighted by molar-refractivity contribution is -0.135. The van der Waals surface area contributed by atoms with Crippen LogP contribution in [0.15, 0.2) is 39.9 Å². The summed E-state index contributed by atoms with van der Waals surface area (Å²) < 4.78 is 5.79. The number of carbonyl (C=O) groups excluding carboxylic acids is 2. The van der Waals surface area contributed by atoms with E-state index in [2.05, 4.69) is 10.5 Å². The molecule has 0 bridgehead atoms. The van der Waals surface area contributed by atoms with Crippen LogP contribution in [0.4, 0.5) is 0 Å². The Morgan fingerprint density at radius 1 is 1.41 bits per heavy atom. The van der Waals surface area contributed by atoms with Crippen molar-refractivity contribution >= 4 is 57.7 Å². The molecule has 0 aliphatic carbocycles. The molecule has 2 aliphatic heterocycles. The summed E-state index contributed by atoms with van der Waals surface area (Å²) >= 11 is 6.98. The number of nitrogens with one attached hydrogen (secondary N) is 1. The summed E-state index contributed by atoms with van der Waals surface area (Å²) in [5.41, 5.74) is 0.796. The van der Waals surface area contributed by atoms with Crippen LogP contribution < -0.4 is 5.32 Å². The fourth-order valence-electron chi connectivity index (χ4n) is 3.85. The molecule has 3 atom stereocenters. The van der Waals surface area contributed by atoms with Gasteiger partial charge < -0.3 is 19.8 Å². The number of carbonyl (C=O) groups is 2. The molecule has 4 rings (SSSR count). The lowest BCUT2D eigenvalue weighted by Gasteiger charge is -2.26. The molecule has 1 aromatic heterocycles. The fraction of sp³-hybridized carbons (Fsp3) is 0.400. The first-order valence-electron chi connectivity index (χ1n) is 9.40. The standard InChI is InChI=1S/C20H21N3O4S2/c24-15(6-5-14-7-12-3-1-2-4-16(12)27-14)18-17(28)9-21-19(18)20(25)23-11-29-10-13(23)8-22-26/h1-4,7-8,13,18-19,21,26H,5-6,9-11H2/t13-,18?,19+/m1/s1. The van der Waals surface area contributed by atoms with E-state index in [4.69, 9.17) is 21.8 Å². The van der Waals surface area contributed by atoms with Crippen molar-refractivity contribution in [3.63, 3.8) is 0 Å². The first-order chi connectivity index (χ1) is 14.1. The topological polar surface area (TPSA) is 95.1 Å². The summed E-state index contributed by atoms with van der Waals surface area (Å²) in [5, 5.41) is 16.0. The highest BCUT2D eigenvalue weighted by Gasteiger charge is 2.44. The normalized spacial score (nSPS) is 24.8. The summed E-state index contributed by atoms with van der Waals surface area (Å²) in [4.78, 5) is 28.2. The molecule has 7 nitrogen and oxygen atoms in total. The van der Waals surface area contributed by atoms with Gasteiger partial charge in [-0.1, -0.05) is 35.6 Å². The van der Waals surface area contributed by atoms with Gasteiger partial charge in [0.25, 0.3) is 0 Å². The quantitative estimate of drug-likeness (QED) is 0.313. The lowest BCUT2D eigenvalue weighted by atomic mass is 9.91. The zero-order chi connectivity index (χ0) is 20.4. The van der Waals surface area contributed by atoms with Crippen molar-refractivity contribution in [1.82, 2.24) is 10.2 Å². The molecule has 1 aromatic carbocycles. The number of nitrogens with zero attached hydrogens (tertiary/aromatic N) is 2. The van der Waals surface area contributed by atoms with Crippen LogP contribution >= 0.6 is 24.0 Å². The molecule has 152 valence electrons. The molecule has 2 aromatic rings. The van der Waals surface area contributed by atoms with Crippen molar-refractivity contribution in [2.24, 2.45) is 11.1 Å². The van der Waals surface area contributed by atoms with E-state index in [1.165, 1.54) is 6.21 Å². The van der Waals surface area contributed by atoms with E-state index in [-0.39, 0.29) is 24.2 Å². The molecule has 0 spiro atoms. The smallest absolute Gasteiger partial charge is 0.242 e. The number of hydrogen-bond donors (Lipinski definition) is 2. The molecule has 1 amide bonds. The number of para-hydroxylation sites is 1. The Hall–Kier alpha value is -2.23. The van der Waals surface area contributed by atoms with E-state index in [0.717, 1.165) is 16.7 Å². The predicted molar refractivity (Wildman–Crippen MR) is 116 cm³/mol. The van der Waals surface area contributed by atoms with Gasteiger partial charge in [0.05, 0.1) is 24.1 Å². The highest BCUT2D eigenvalue weighted by atomic mass is 32.2. The van der Waals surface area contributed by atoms with Gasteiger partial charge >= 0.3 is 0 Å². The van der Waals surface area contributed by atoms with Crippen LogP contribution in [0.2, 0.25) is 0 Å². The highest BCUT2D eigenvalue weighted by molar-refractivity contribution is 7.99. The molecule has 2 fully saturated rings. The third-order valence-corrected chi connectivity index (χ3v) is 6.76. The van der Waals surface area contributed by atoms with Gasteiger partial charge in [-0.25, -0.2) is 0 Å². The van der Waals surface area contributed by atoms with Gasteiger partial charge in [-0.3, -0.25) is 9.59 Å². The van der Waals surface area contributed by atoms with Crippen molar-refractivity contribution in [1.29, 1.82) is 0 Å². The number of aryl methyl sites for hydroxylation is 1.